The fourth-order valence-electron chi connectivity index (χ4n) is 1.18. The molecule has 0 bridgehead atoms. The van der Waals surface area contributed by atoms with Crippen LogP contribution in [0.15, 0.2) is 22.9 Å². The highest BCUT2D eigenvalue weighted by molar-refractivity contribution is 9.10. The monoisotopic (exact) mass is 308 g/mol. The van der Waals surface area contributed by atoms with Crippen molar-refractivity contribution in [3.05, 3.63) is 28.5 Å². The lowest BCUT2D eigenvalue weighted by molar-refractivity contribution is -0.143. The summed E-state index contributed by atoms with van der Waals surface area (Å²) < 4.78 is 5.49. The van der Waals surface area contributed by atoms with E-state index in [0.29, 0.717) is 11.2 Å². The molecule has 1 atom stereocenters. The fourth-order valence-corrected chi connectivity index (χ4v) is 1.73. The maximum absolute atomic E-state index is 11.2. The number of halogens is 2. The molecule has 0 aliphatic rings. The number of nitrogens with zero attached hydrogens (tertiary/aromatic N) is 1. The predicted octanol–water partition coefficient (Wildman–Crippen LogP) is 2.22. The number of carbonyl (C=O) groups is 1. The van der Waals surface area contributed by atoms with E-state index >= 15 is 0 Å². The molecule has 0 aliphatic carbocycles. The van der Waals surface area contributed by atoms with E-state index in [1.165, 1.54) is 0 Å². The molecule has 1 aromatic rings. The fraction of sp³-hybridized carbons (Fsp3) is 0.400. The van der Waals surface area contributed by atoms with Crippen molar-refractivity contribution in [3.63, 3.8) is 0 Å². The average molecular weight is 310 g/mol. The van der Waals surface area contributed by atoms with Gasteiger partial charge in [0.1, 0.15) is 4.60 Å². The molecule has 90 valence electrons. The summed E-state index contributed by atoms with van der Waals surface area (Å²) >= 11 is 3.28. The number of hydrogen-bond acceptors (Lipinski definition) is 4. The number of aromatic nitrogens is 1. The molecule has 2 N–H and O–H groups in total. The Labute approximate surface area is 109 Å². The standard InChI is InChI=1S/C10H13BrN2O2.ClH/c1-2-15-9(14)6-8(12)7-4-3-5-13-10(7)11;/h3-5,8H,2,6,12H2,1H3;1H/t8-;/m1./s1. The van der Waals surface area contributed by atoms with E-state index in [4.69, 9.17) is 10.5 Å². The zero-order chi connectivity index (χ0) is 11.3. The van der Waals surface area contributed by atoms with Gasteiger partial charge in [-0.05, 0) is 28.9 Å². The van der Waals surface area contributed by atoms with Gasteiger partial charge < -0.3 is 10.5 Å². The Morgan fingerprint density at radius 3 is 2.94 bits per heavy atom. The van der Waals surface area contributed by atoms with E-state index in [9.17, 15) is 4.79 Å². The maximum atomic E-state index is 11.2. The second kappa shape index (κ2) is 7.60. The third-order valence-electron chi connectivity index (χ3n) is 1.88. The van der Waals surface area contributed by atoms with Gasteiger partial charge in [0.2, 0.25) is 0 Å². The van der Waals surface area contributed by atoms with Crippen molar-refractivity contribution in [3.8, 4) is 0 Å². The number of carbonyl (C=O) groups excluding carboxylic acids is 1. The predicted molar refractivity (Wildman–Crippen MR) is 67.4 cm³/mol. The second-order valence-corrected chi connectivity index (χ2v) is 3.75. The van der Waals surface area contributed by atoms with E-state index in [-0.39, 0.29) is 30.8 Å². The molecule has 1 heterocycles. The minimum Gasteiger partial charge on any atom is -0.466 e. The summed E-state index contributed by atoms with van der Waals surface area (Å²) in [6, 6.07) is 3.23. The van der Waals surface area contributed by atoms with Crippen molar-refractivity contribution >= 4 is 34.3 Å². The maximum Gasteiger partial charge on any atom is 0.307 e. The molecule has 0 saturated heterocycles. The van der Waals surface area contributed by atoms with Crippen LogP contribution in [0.4, 0.5) is 0 Å². The van der Waals surface area contributed by atoms with Crippen molar-refractivity contribution in [1.29, 1.82) is 0 Å². The van der Waals surface area contributed by atoms with Crippen LogP contribution in [-0.4, -0.2) is 17.6 Å². The topological polar surface area (TPSA) is 65.2 Å². The molecular weight excluding hydrogens is 295 g/mol. The Hall–Kier alpha value is -0.650. The van der Waals surface area contributed by atoms with Gasteiger partial charge in [0.05, 0.1) is 13.0 Å². The number of esters is 1. The van der Waals surface area contributed by atoms with Crippen LogP contribution >= 0.6 is 28.3 Å². The number of rotatable bonds is 4. The van der Waals surface area contributed by atoms with E-state index in [1.807, 2.05) is 6.07 Å². The van der Waals surface area contributed by atoms with Crippen molar-refractivity contribution < 1.29 is 9.53 Å². The zero-order valence-electron chi connectivity index (χ0n) is 8.85. The first kappa shape index (κ1) is 15.3. The Morgan fingerprint density at radius 2 is 2.38 bits per heavy atom. The summed E-state index contributed by atoms with van der Waals surface area (Å²) in [4.78, 5) is 15.2. The third-order valence-corrected chi connectivity index (χ3v) is 2.54. The average Bonchev–Trinajstić information content (AvgIpc) is 2.18. The number of pyridine rings is 1. The highest BCUT2D eigenvalue weighted by Gasteiger charge is 2.14. The molecule has 0 amide bonds. The first-order chi connectivity index (χ1) is 7.15. The van der Waals surface area contributed by atoms with Crippen LogP contribution < -0.4 is 5.73 Å². The van der Waals surface area contributed by atoms with Crippen molar-refractivity contribution in [2.45, 2.75) is 19.4 Å². The van der Waals surface area contributed by atoms with Gasteiger partial charge in [0.15, 0.2) is 0 Å². The molecule has 0 aliphatic heterocycles. The van der Waals surface area contributed by atoms with Crippen molar-refractivity contribution in [1.82, 2.24) is 4.98 Å². The Balaban J connectivity index is 0.00000225. The van der Waals surface area contributed by atoms with E-state index in [1.54, 1.807) is 19.2 Å². The summed E-state index contributed by atoms with van der Waals surface area (Å²) in [5.74, 6) is -0.291. The molecular formula is C10H14BrClN2O2. The Bertz CT molecular complexity index is 349. The van der Waals surface area contributed by atoms with Crippen LogP contribution in [0.5, 0.6) is 0 Å². The van der Waals surface area contributed by atoms with Gasteiger partial charge in [-0.25, -0.2) is 4.98 Å². The van der Waals surface area contributed by atoms with Crippen molar-refractivity contribution in [2.24, 2.45) is 5.73 Å². The lowest BCUT2D eigenvalue weighted by Crippen LogP contribution is -2.17. The molecule has 0 radical (unpaired) electrons. The first-order valence-electron chi connectivity index (χ1n) is 4.66. The van der Waals surface area contributed by atoms with Crippen molar-refractivity contribution in [2.75, 3.05) is 6.61 Å². The van der Waals surface area contributed by atoms with E-state index in [0.717, 1.165) is 5.56 Å². The quantitative estimate of drug-likeness (QED) is 0.684. The number of hydrogen-bond donors (Lipinski definition) is 1. The molecule has 0 spiro atoms. The Kier molecular flexibility index (Phi) is 7.29. The first-order valence-corrected chi connectivity index (χ1v) is 5.46. The molecule has 0 unspecified atom stereocenters. The van der Waals surface area contributed by atoms with Gasteiger partial charge in [-0.1, -0.05) is 6.07 Å². The smallest absolute Gasteiger partial charge is 0.307 e. The van der Waals surface area contributed by atoms with E-state index in [2.05, 4.69) is 20.9 Å². The summed E-state index contributed by atoms with van der Waals surface area (Å²) in [5, 5.41) is 0. The molecule has 0 fully saturated rings. The molecule has 0 saturated carbocycles. The molecule has 0 aromatic carbocycles. The zero-order valence-corrected chi connectivity index (χ0v) is 11.3. The summed E-state index contributed by atoms with van der Waals surface area (Å²) in [6.45, 7) is 2.14. The second-order valence-electron chi connectivity index (χ2n) is 3.00. The lowest BCUT2D eigenvalue weighted by Gasteiger charge is -2.11. The van der Waals surface area contributed by atoms with Gasteiger partial charge in [-0.2, -0.15) is 0 Å². The van der Waals surface area contributed by atoms with Gasteiger partial charge in [-0.3, -0.25) is 4.79 Å². The van der Waals surface area contributed by atoms with Gasteiger partial charge >= 0.3 is 5.97 Å². The summed E-state index contributed by atoms with van der Waals surface area (Å²) in [5.41, 5.74) is 6.67. The van der Waals surface area contributed by atoms with Gasteiger partial charge in [0, 0.05) is 17.8 Å². The number of nitrogens with two attached hydrogens (primary N) is 1. The molecule has 4 nitrogen and oxygen atoms in total. The van der Waals surface area contributed by atoms with Crippen LogP contribution in [0, 0.1) is 0 Å². The largest absolute Gasteiger partial charge is 0.466 e. The van der Waals surface area contributed by atoms with Gasteiger partial charge in [-0.15, -0.1) is 12.4 Å². The minimum absolute atomic E-state index is 0. The molecule has 1 rings (SSSR count). The van der Waals surface area contributed by atoms with Crippen LogP contribution in [0.1, 0.15) is 24.9 Å². The third kappa shape index (κ3) is 4.47. The molecule has 1 aromatic heterocycles. The summed E-state index contributed by atoms with van der Waals surface area (Å²) in [6.07, 6.45) is 1.82. The SMILES string of the molecule is CCOC(=O)C[C@@H](N)c1cccnc1Br.Cl. The van der Waals surface area contributed by atoms with Crippen LogP contribution in [0.3, 0.4) is 0 Å². The van der Waals surface area contributed by atoms with Crippen LogP contribution in [0.25, 0.3) is 0 Å². The molecule has 16 heavy (non-hydrogen) atoms. The summed E-state index contributed by atoms with van der Waals surface area (Å²) in [7, 11) is 0. The van der Waals surface area contributed by atoms with Gasteiger partial charge in [0.25, 0.3) is 0 Å². The highest BCUT2D eigenvalue weighted by atomic mass is 79.9. The molecule has 6 heteroatoms. The number of ether oxygens (including phenoxy) is 1. The highest BCUT2D eigenvalue weighted by Crippen LogP contribution is 2.21. The lowest BCUT2D eigenvalue weighted by atomic mass is 10.1. The van der Waals surface area contributed by atoms with Crippen LogP contribution in [0.2, 0.25) is 0 Å². The Morgan fingerprint density at radius 1 is 1.69 bits per heavy atom. The normalized spacial score (nSPS) is 11.4. The minimum atomic E-state index is -0.382. The van der Waals surface area contributed by atoms with Crippen LogP contribution in [-0.2, 0) is 9.53 Å². The van der Waals surface area contributed by atoms with E-state index < -0.39 is 0 Å².